The fraction of sp³-hybridized carbons (Fsp3) is 0.933. The molecule has 3 heteroatoms. The van der Waals surface area contributed by atoms with Crippen molar-refractivity contribution < 1.29 is 9.53 Å². The molecule has 104 valence electrons. The zero-order chi connectivity index (χ0) is 12.6. The lowest BCUT2D eigenvalue weighted by Gasteiger charge is -2.22. The van der Waals surface area contributed by atoms with Gasteiger partial charge in [0.2, 0.25) is 5.91 Å². The van der Waals surface area contributed by atoms with Crippen LogP contribution >= 0.6 is 0 Å². The number of rotatable bonds is 6. The van der Waals surface area contributed by atoms with Gasteiger partial charge in [0.25, 0.3) is 0 Å². The average Bonchev–Trinajstić information content (AvgIpc) is 2.93. The molecule has 0 aromatic carbocycles. The quantitative estimate of drug-likeness (QED) is 0.739. The summed E-state index contributed by atoms with van der Waals surface area (Å²) in [6.45, 7) is 1.58. The van der Waals surface area contributed by atoms with E-state index >= 15 is 0 Å². The molecule has 18 heavy (non-hydrogen) atoms. The van der Waals surface area contributed by atoms with E-state index in [-0.39, 0.29) is 5.91 Å². The summed E-state index contributed by atoms with van der Waals surface area (Å²) in [5, 5.41) is 3.04. The number of ether oxygens (including phenoxy) is 1. The van der Waals surface area contributed by atoms with Crippen LogP contribution in [0, 0.1) is 5.92 Å². The van der Waals surface area contributed by atoms with Crippen LogP contribution in [0.3, 0.4) is 0 Å². The predicted octanol–water partition coefficient (Wildman–Crippen LogP) is 3.03. The van der Waals surface area contributed by atoms with Crippen LogP contribution < -0.4 is 5.32 Å². The van der Waals surface area contributed by atoms with Crippen molar-refractivity contribution in [2.45, 2.75) is 70.3 Å². The lowest BCUT2D eigenvalue weighted by atomic mass is 9.98. The Morgan fingerprint density at radius 2 is 1.67 bits per heavy atom. The Morgan fingerprint density at radius 1 is 1.00 bits per heavy atom. The second-order valence-electron chi connectivity index (χ2n) is 5.76. The highest BCUT2D eigenvalue weighted by Crippen LogP contribution is 2.24. The molecule has 0 heterocycles. The Morgan fingerprint density at radius 3 is 2.39 bits per heavy atom. The standard InChI is InChI=1S/C15H27NO2/c17-15(13-7-4-5-8-13)16-11-6-12-18-14-9-2-1-3-10-14/h13-14H,1-12H2,(H,16,17). The smallest absolute Gasteiger partial charge is 0.223 e. The fourth-order valence-corrected chi connectivity index (χ4v) is 3.10. The van der Waals surface area contributed by atoms with Crippen molar-refractivity contribution in [1.82, 2.24) is 5.32 Å². The number of hydrogen-bond donors (Lipinski definition) is 1. The van der Waals surface area contributed by atoms with E-state index < -0.39 is 0 Å². The first-order chi connectivity index (χ1) is 8.86. The van der Waals surface area contributed by atoms with Crippen LogP contribution in [0.5, 0.6) is 0 Å². The summed E-state index contributed by atoms with van der Waals surface area (Å²) in [4.78, 5) is 11.8. The molecule has 0 spiro atoms. The van der Waals surface area contributed by atoms with Gasteiger partial charge in [0.1, 0.15) is 0 Å². The Labute approximate surface area is 111 Å². The van der Waals surface area contributed by atoms with Crippen molar-refractivity contribution in [3.63, 3.8) is 0 Å². The molecule has 0 radical (unpaired) electrons. The van der Waals surface area contributed by atoms with Gasteiger partial charge < -0.3 is 10.1 Å². The normalized spacial score (nSPS) is 22.2. The van der Waals surface area contributed by atoms with Gasteiger partial charge in [0.15, 0.2) is 0 Å². The summed E-state index contributed by atoms with van der Waals surface area (Å²) in [6, 6.07) is 0. The first kappa shape index (κ1) is 13.9. The van der Waals surface area contributed by atoms with Crippen LogP contribution in [-0.4, -0.2) is 25.2 Å². The van der Waals surface area contributed by atoms with Gasteiger partial charge in [0.05, 0.1) is 6.10 Å². The summed E-state index contributed by atoms with van der Waals surface area (Å²) < 4.78 is 5.84. The van der Waals surface area contributed by atoms with E-state index in [1.54, 1.807) is 0 Å². The van der Waals surface area contributed by atoms with E-state index in [1.807, 2.05) is 0 Å². The van der Waals surface area contributed by atoms with Gasteiger partial charge in [-0.2, -0.15) is 0 Å². The molecule has 2 aliphatic rings. The van der Waals surface area contributed by atoms with Crippen LogP contribution in [-0.2, 0) is 9.53 Å². The molecule has 0 bridgehead atoms. The third kappa shape index (κ3) is 4.60. The molecule has 2 rings (SSSR count). The molecule has 3 nitrogen and oxygen atoms in total. The van der Waals surface area contributed by atoms with E-state index in [4.69, 9.17) is 4.74 Å². The molecule has 2 saturated carbocycles. The molecule has 0 aromatic rings. The molecule has 1 N–H and O–H groups in total. The Balaban J connectivity index is 1.46. The van der Waals surface area contributed by atoms with Gasteiger partial charge in [0, 0.05) is 19.1 Å². The zero-order valence-electron chi connectivity index (χ0n) is 11.5. The van der Waals surface area contributed by atoms with Gasteiger partial charge in [-0.25, -0.2) is 0 Å². The lowest BCUT2D eigenvalue weighted by Crippen LogP contribution is -2.31. The van der Waals surface area contributed by atoms with E-state index in [0.29, 0.717) is 12.0 Å². The molecular weight excluding hydrogens is 226 g/mol. The van der Waals surface area contributed by atoms with Crippen LogP contribution in [0.2, 0.25) is 0 Å². The predicted molar refractivity (Wildman–Crippen MR) is 72.4 cm³/mol. The maximum absolute atomic E-state index is 11.8. The molecule has 2 aliphatic carbocycles. The summed E-state index contributed by atoms with van der Waals surface area (Å²) in [7, 11) is 0. The van der Waals surface area contributed by atoms with Crippen molar-refractivity contribution in [2.24, 2.45) is 5.92 Å². The largest absolute Gasteiger partial charge is 0.378 e. The molecule has 0 atom stereocenters. The second kappa shape index (κ2) is 7.78. The summed E-state index contributed by atoms with van der Waals surface area (Å²) in [6.07, 6.45) is 12.5. The summed E-state index contributed by atoms with van der Waals surface area (Å²) >= 11 is 0. The molecule has 0 saturated heterocycles. The third-order valence-corrected chi connectivity index (χ3v) is 4.25. The number of amides is 1. The van der Waals surface area contributed by atoms with Crippen molar-refractivity contribution in [2.75, 3.05) is 13.2 Å². The Hall–Kier alpha value is -0.570. The topological polar surface area (TPSA) is 38.3 Å². The van der Waals surface area contributed by atoms with Crippen molar-refractivity contribution in [3.05, 3.63) is 0 Å². The fourth-order valence-electron chi connectivity index (χ4n) is 3.10. The molecule has 0 aliphatic heterocycles. The maximum Gasteiger partial charge on any atom is 0.223 e. The molecule has 0 unspecified atom stereocenters. The van der Waals surface area contributed by atoms with Gasteiger partial charge in [-0.1, -0.05) is 32.1 Å². The van der Waals surface area contributed by atoms with E-state index in [9.17, 15) is 4.79 Å². The molecule has 1 amide bonds. The van der Waals surface area contributed by atoms with Crippen molar-refractivity contribution in [1.29, 1.82) is 0 Å². The van der Waals surface area contributed by atoms with E-state index in [2.05, 4.69) is 5.32 Å². The number of carbonyl (C=O) groups excluding carboxylic acids is 1. The maximum atomic E-state index is 11.8. The minimum atomic E-state index is 0.269. The first-order valence-corrected chi connectivity index (χ1v) is 7.75. The Bertz CT molecular complexity index is 243. The molecular formula is C15H27NO2. The van der Waals surface area contributed by atoms with Crippen molar-refractivity contribution in [3.8, 4) is 0 Å². The highest BCUT2D eigenvalue weighted by atomic mass is 16.5. The minimum absolute atomic E-state index is 0.269. The average molecular weight is 253 g/mol. The number of nitrogens with one attached hydrogen (secondary N) is 1. The summed E-state index contributed by atoms with van der Waals surface area (Å²) in [5.74, 6) is 0.564. The zero-order valence-corrected chi connectivity index (χ0v) is 11.5. The van der Waals surface area contributed by atoms with Crippen LogP contribution in [0.4, 0.5) is 0 Å². The van der Waals surface area contributed by atoms with Crippen molar-refractivity contribution >= 4 is 5.91 Å². The highest BCUT2D eigenvalue weighted by Gasteiger charge is 2.21. The molecule has 0 aromatic heterocycles. The minimum Gasteiger partial charge on any atom is -0.378 e. The highest BCUT2D eigenvalue weighted by molar-refractivity contribution is 5.78. The summed E-state index contributed by atoms with van der Waals surface area (Å²) in [5.41, 5.74) is 0. The van der Waals surface area contributed by atoms with Gasteiger partial charge in [-0.05, 0) is 32.1 Å². The van der Waals surface area contributed by atoms with E-state index in [0.717, 1.165) is 32.4 Å². The van der Waals surface area contributed by atoms with Gasteiger partial charge in [-0.15, -0.1) is 0 Å². The van der Waals surface area contributed by atoms with Crippen LogP contribution in [0.15, 0.2) is 0 Å². The van der Waals surface area contributed by atoms with Crippen LogP contribution in [0.25, 0.3) is 0 Å². The SMILES string of the molecule is O=C(NCCCOC1CCCCC1)C1CCCC1. The van der Waals surface area contributed by atoms with Gasteiger partial charge in [-0.3, -0.25) is 4.79 Å². The van der Waals surface area contributed by atoms with Crippen LogP contribution in [0.1, 0.15) is 64.2 Å². The monoisotopic (exact) mass is 253 g/mol. The second-order valence-corrected chi connectivity index (χ2v) is 5.76. The van der Waals surface area contributed by atoms with E-state index in [1.165, 1.54) is 44.9 Å². The number of hydrogen-bond acceptors (Lipinski definition) is 2. The molecule has 2 fully saturated rings. The Kier molecular flexibility index (Phi) is 5.98. The third-order valence-electron chi connectivity index (χ3n) is 4.25. The van der Waals surface area contributed by atoms with Gasteiger partial charge >= 0.3 is 0 Å². The first-order valence-electron chi connectivity index (χ1n) is 7.75. The lowest BCUT2D eigenvalue weighted by molar-refractivity contribution is -0.124. The number of carbonyl (C=O) groups is 1.